The van der Waals surface area contributed by atoms with Crippen molar-refractivity contribution in [3.8, 4) is 79.4 Å². The molecule has 8 aromatic carbocycles. The van der Waals surface area contributed by atoms with Gasteiger partial charge in [-0.1, -0.05) is 78.3 Å². The highest BCUT2D eigenvalue weighted by atomic mass is 16.3. The van der Waals surface area contributed by atoms with Crippen LogP contribution in [0.4, 0.5) is 0 Å². The Morgan fingerprint density at radius 1 is 0.414 bits per heavy atom. The summed E-state index contributed by atoms with van der Waals surface area (Å²) in [6.07, 6.45) is 7.78. The molecule has 464 valence electrons. The molecule has 0 saturated heterocycles. The molecule has 8 aromatic rings. The van der Waals surface area contributed by atoms with Crippen molar-refractivity contribution in [3.63, 3.8) is 0 Å². The maximum absolute atomic E-state index is 12.2. The normalized spacial score (nSPS) is 10.8. The molecule has 0 aliphatic carbocycles. The van der Waals surface area contributed by atoms with Crippen molar-refractivity contribution in [1.29, 1.82) is 0 Å². The molecule has 0 aromatic heterocycles. The molecule has 0 unspecified atom stereocenters. The van der Waals surface area contributed by atoms with E-state index in [0.717, 1.165) is 144 Å². The number of carbonyl (C=O) groups excluding carboxylic acids is 2. The van der Waals surface area contributed by atoms with Crippen molar-refractivity contribution in [2.24, 2.45) is 0 Å². The summed E-state index contributed by atoms with van der Waals surface area (Å²) in [5.74, 6) is 2.69. The molecular formula is C76H95NO10. The van der Waals surface area contributed by atoms with Crippen LogP contribution < -0.4 is 5.32 Å². The van der Waals surface area contributed by atoms with E-state index in [-0.39, 0.29) is 30.6 Å². The molecule has 11 nitrogen and oxygen atoms in total. The number of ketones is 1. The van der Waals surface area contributed by atoms with Gasteiger partial charge in [-0.3, -0.25) is 4.79 Å². The Bertz CT molecular complexity index is 3480. The van der Waals surface area contributed by atoms with E-state index in [4.69, 9.17) is 0 Å². The summed E-state index contributed by atoms with van der Waals surface area (Å²) in [7, 11) is 0. The number of phenols is 8. The molecule has 87 heavy (non-hydrogen) atoms. The van der Waals surface area contributed by atoms with Crippen LogP contribution in [-0.2, 0) is 34.3 Å². The molecule has 0 bridgehead atoms. The minimum absolute atomic E-state index is 0. The van der Waals surface area contributed by atoms with E-state index >= 15 is 0 Å². The molecule has 0 aliphatic heterocycles. The molecule has 0 radical (unpaired) electrons. The number of rotatable bonds is 18. The number of aryl methyl sites for hydroxylation is 11. The van der Waals surface area contributed by atoms with Crippen LogP contribution in [0, 0.1) is 55.4 Å². The van der Waals surface area contributed by atoms with Gasteiger partial charge in [0.2, 0.25) is 5.91 Å². The first-order valence-corrected chi connectivity index (χ1v) is 29.9. The summed E-state index contributed by atoms with van der Waals surface area (Å²) >= 11 is 0. The van der Waals surface area contributed by atoms with Gasteiger partial charge < -0.3 is 51.0 Å². The van der Waals surface area contributed by atoms with Crippen LogP contribution in [-0.4, -0.2) is 59.1 Å². The van der Waals surface area contributed by atoms with E-state index in [1.807, 2.05) is 147 Å². The van der Waals surface area contributed by atoms with Crippen molar-refractivity contribution < 1.29 is 50.4 Å². The van der Waals surface area contributed by atoms with Crippen LogP contribution in [0.1, 0.15) is 159 Å². The molecule has 0 atom stereocenters. The van der Waals surface area contributed by atoms with Gasteiger partial charge in [0.1, 0.15) is 51.8 Å². The average molecular weight is 1180 g/mol. The maximum atomic E-state index is 12.2. The Morgan fingerprint density at radius 2 is 0.782 bits per heavy atom. The lowest BCUT2D eigenvalue weighted by atomic mass is 9.73. The van der Waals surface area contributed by atoms with Crippen LogP contribution in [0.5, 0.6) is 46.0 Å². The van der Waals surface area contributed by atoms with Crippen molar-refractivity contribution in [2.45, 2.75) is 167 Å². The number of hydrogen-bond donors (Lipinski definition) is 9. The van der Waals surface area contributed by atoms with Gasteiger partial charge in [0.15, 0.2) is 0 Å². The quantitative estimate of drug-likeness (QED) is 0.0371. The number of phenolic OH excluding ortho intramolecular Hbond substituents is 8. The highest BCUT2D eigenvalue weighted by Crippen LogP contribution is 2.39. The second-order valence-corrected chi connectivity index (χ2v) is 23.1. The van der Waals surface area contributed by atoms with E-state index in [9.17, 15) is 50.4 Å². The molecule has 0 fully saturated rings. The second kappa shape index (κ2) is 32.7. The summed E-state index contributed by atoms with van der Waals surface area (Å²) < 4.78 is 0. The third-order valence-electron chi connectivity index (χ3n) is 15.9. The first kappa shape index (κ1) is 70.8. The van der Waals surface area contributed by atoms with E-state index in [1.165, 1.54) is 0 Å². The Kier molecular flexibility index (Phi) is 26.6. The highest BCUT2D eigenvalue weighted by molar-refractivity contribution is 5.77. The van der Waals surface area contributed by atoms with Crippen molar-refractivity contribution in [1.82, 2.24) is 5.32 Å². The van der Waals surface area contributed by atoms with Gasteiger partial charge in [0, 0.05) is 24.8 Å². The summed E-state index contributed by atoms with van der Waals surface area (Å²) in [5, 5.41) is 81.6. The lowest BCUT2D eigenvalue weighted by molar-refractivity contribution is -0.122. The van der Waals surface area contributed by atoms with Gasteiger partial charge in [-0.05, 0) is 304 Å². The second-order valence-electron chi connectivity index (χ2n) is 23.1. The number of nitrogens with one attached hydrogen (secondary N) is 1. The molecule has 8 rings (SSSR count). The zero-order chi connectivity index (χ0) is 63.6. The van der Waals surface area contributed by atoms with E-state index < -0.39 is 5.41 Å². The standard InChI is InChI=1S/C22H27NO4.2C18H22O2.C17H20O2.CH4/c1-16(24)4-3-15-23-21(27)13-14-22(2,17-5-9-19(25)10-6-17)18-7-11-20(26)12-8-18;1-5-6-14-10-16(9-13(4)18(14)20)15-7-11(2)17(19)12(3)8-15;1-4-5-6-15-11-14(7-8-17(15)19)16-9-12(2)18(20)13(3)10-16;1-5-13-9-15(8-12(4)17(13)19)14-6-10(2)16(18)11(3)7-14;/h5-12,25-26H,3-4,13-15H2,1-2H3,(H,23,27);7-10,19-20H,5-6H2,1-4H3;7-11,19-20H,4-6H2,1-3H3;6-9,18-19H,5H2,1-4H3;1H4. The maximum Gasteiger partial charge on any atom is 0.220 e. The van der Waals surface area contributed by atoms with Crippen molar-refractivity contribution >= 4 is 11.7 Å². The van der Waals surface area contributed by atoms with E-state index in [1.54, 1.807) is 37.3 Å². The fourth-order valence-electron chi connectivity index (χ4n) is 10.6. The van der Waals surface area contributed by atoms with Crippen LogP contribution >= 0.6 is 0 Å². The Labute approximate surface area is 517 Å². The van der Waals surface area contributed by atoms with Crippen molar-refractivity contribution in [3.05, 3.63) is 200 Å². The number of Topliss-reactive ketones (excluding diaryl/α,β-unsaturated/α-hetero) is 1. The predicted octanol–water partition coefficient (Wildman–Crippen LogP) is 17.9. The third kappa shape index (κ3) is 19.4. The summed E-state index contributed by atoms with van der Waals surface area (Å²) in [6, 6.07) is 39.7. The highest BCUT2D eigenvalue weighted by Gasteiger charge is 2.30. The number of amides is 1. The predicted molar refractivity (Wildman–Crippen MR) is 357 cm³/mol. The number of carbonyl (C=O) groups is 2. The van der Waals surface area contributed by atoms with E-state index in [2.05, 4.69) is 38.2 Å². The smallest absolute Gasteiger partial charge is 0.220 e. The van der Waals surface area contributed by atoms with Gasteiger partial charge in [-0.25, -0.2) is 0 Å². The zero-order valence-corrected chi connectivity index (χ0v) is 52.8. The Balaban J connectivity index is 0.000000250. The number of unbranched alkanes of at least 4 members (excludes halogenated alkanes) is 1. The van der Waals surface area contributed by atoms with Crippen LogP contribution in [0.25, 0.3) is 33.4 Å². The van der Waals surface area contributed by atoms with Gasteiger partial charge in [0.05, 0.1) is 0 Å². The molecule has 0 heterocycles. The van der Waals surface area contributed by atoms with Crippen LogP contribution in [0.15, 0.2) is 127 Å². The molecular weight excluding hydrogens is 1090 g/mol. The minimum atomic E-state index is -0.446. The summed E-state index contributed by atoms with van der Waals surface area (Å²) in [4.78, 5) is 23.2. The fourth-order valence-corrected chi connectivity index (χ4v) is 10.6. The lowest BCUT2D eigenvalue weighted by Gasteiger charge is -2.31. The minimum Gasteiger partial charge on any atom is -0.508 e. The monoisotopic (exact) mass is 1180 g/mol. The summed E-state index contributed by atoms with van der Waals surface area (Å²) in [6.45, 7) is 25.7. The SMILES string of the molecule is C.CC(=O)CCCNC(=O)CCC(C)(c1ccc(O)cc1)c1ccc(O)cc1.CCCCc1cc(-c2cc(C)c(O)c(C)c2)ccc1O.CCCc1cc(-c2cc(C)c(O)c(C)c2)cc(C)c1O.CCc1cc(-c2cc(C)c(O)c(C)c2)cc(C)c1O. The number of aromatic hydroxyl groups is 8. The van der Waals surface area contributed by atoms with Gasteiger partial charge >= 0.3 is 0 Å². The molecule has 0 aliphatic rings. The molecule has 11 heteroatoms. The van der Waals surface area contributed by atoms with Gasteiger partial charge in [-0.15, -0.1) is 0 Å². The first-order valence-electron chi connectivity index (χ1n) is 29.9. The Morgan fingerprint density at radius 3 is 1.17 bits per heavy atom. The molecule has 0 spiro atoms. The summed E-state index contributed by atoms with van der Waals surface area (Å²) in [5.41, 5.74) is 18.0. The third-order valence-corrected chi connectivity index (χ3v) is 15.9. The van der Waals surface area contributed by atoms with Crippen molar-refractivity contribution in [2.75, 3.05) is 6.54 Å². The Hall–Kier alpha value is -8.70. The van der Waals surface area contributed by atoms with Crippen LogP contribution in [0.2, 0.25) is 0 Å². The topological polar surface area (TPSA) is 208 Å². The number of hydrogen-bond acceptors (Lipinski definition) is 10. The molecule has 9 N–H and O–H groups in total. The van der Waals surface area contributed by atoms with Gasteiger partial charge in [-0.2, -0.15) is 0 Å². The van der Waals surface area contributed by atoms with Crippen LogP contribution in [0.3, 0.4) is 0 Å². The number of benzene rings is 8. The molecule has 1 amide bonds. The van der Waals surface area contributed by atoms with Gasteiger partial charge in [0.25, 0.3) is 0 Å². The average Bonchev–Trinajstić information content (AvgIpc) is 2.03. The van der Waals surface area contributed by atoms with E-state index in [0.29, 0.717) is 66.7 Å². The fraction of sp³-hybridized carbons (Fsp3) is 0.342. The lowest BCUT2D eigenvalue weighted by Crippen LogP contribution is -2.29. The first-order chi connectivity index (χ1) is 40.7. The zero-order valence-electron chi connectivity index (χ0n) is 52.8. The molecule has 0 saturated carbocycles. The largest absolute Gasteiger partial charge is 0.508 e.